The number of methoxy groups -OCH3 is 1. The summed E-state index contributed by atoms with van der Waals surface area (Å²) in [5.41, 5.74) is 2.10. The van der Waals surface area contributed by atoms with Crippen LogP contribution in [-0.4, -0.2) is 30.3 Å². The Morgan fingerprint density at radius 1 is 1.35 bits per heavy atom. The van der Waals surface area contributed by atoms with Crippen LogP contribution in [0.2, 0.25) is 0 Å². The second-order valence-corrected chi connectivity index (χ2v) is 6.08. The summed E-state index contributed by atoms with van der Waals surface area (Å²) < 4.78 is 11.0. The molecular formula is C16H26N2O2. The van der Waals surface area contributed by atoms with E-state index in [-0.39, 0.29) is 5.60 Å². The predicted molar refractivity (Wildman–Crippen MR) is 79.5 cm³/mol. The lowest BCUT2D eigenvalue weighted by atomic mass is 10.1. The molecule has 1 aliphatic rings. The summed E-state index contributed by atoms with van der Waals surface area (Å²) in [4.78, 5) is 4.43. The number of hydrogen-bond acceptors (Lipinski definition) is 4. The van der Waals surface area contributed by atoms with Gasteiger partial charge in [-0.05, 0) is 44.7 Å². The van der Waals surface area contributed by atoms with Gasteiger partial charge in [0, 0.05) is 32.5 Å². The normalized spacial score (nSPS) is 15.6. The van der Waals surface area contributed by atoms with Gasteiger partial charge in [-0.2, -0.15) is 0 Å². The smallest absolute Gasteiger partial charge is 0.0887 e. The van der Waals surface area contributed by atoms with Crippen LogP contribution < -0.4 is 5.32 Å². The van der Waals surface area contributed by atoms with Gasteiger partial charge in [-0.1, -0.05) is 6.07 Å². The third-order valence-corrected chi connectivity index (χ3v) is 3.71. The van der Waals surface area contributed by atoms with Crippen molar-refractivity contribution in [2.45, 2.75) is 57.9 Å². The molecule has 0 saturated heterocycles. The Bertz CT molecular complexity index is 399. The van der Waals surface area contributed by atoms with Crippen LogP contribution in [-0.2, 0) is 22.6 Å². The van der Waals surface area contributed by atoms with E-state index in [9.17, 15) is 0 Å². The van der Waals surface area contributed by atoms with Crippen molar-refractivity contribution in [3.05, 3.63) is 29.6 Å². The number of ether oxygens (including phenoxy) is 2. The molecule has 0 aromatic carbocycles. The summed E-state index contributed by atoms with van der Waals surface area (Å²) in [6, 6.07) is 4.91. The third kappa shape index (κ3) is 5.57. The maximum absolute atomic E-state index is 5.65. The number of rotatable bonds is 9. The molecule has 0 spiro atoms. The highest BCUT2D eigenvalue weighted by molar-refractivity contribution is 5.13. The number of nitrogens with one attached hydrogen (secondary N) is 1. The lowest BCUT2D eigenvalue weighted by Gasteiger charge is -2.22. The molecule has 0 aliphatic heterocycles. The molecule has 0 unspecified atom stereocenters. The average molecular weight is 278 g/mol. The number of hydrogen-bond donors (Lipinski definition) is 1. The molecule has 1 aliphatic carbocycles. The van der Waals surface area contributed by atoms with Crippen LogP contribution in [0.5, 0.6) is 0 Å². The van der Waals surface area contributed by atoms with Crippen molar-refractivity contribution in [1.82, 2.24) is 10.3 Å². The van der Waals surface area contributed by atoms with Gasteiger partial charge in [0.15, 0.2) is 0 Å². The zero-order valence-electron chi connectivity index (χ0n) is 12.8. The first-order valence-corrected chi connectivity index (χ1v) is 7.39. The fraction of sp³-hybridized carbons (Fsp3) is 0.688. The molecule has 1 N–H and O–H groups in total. The van der Waals surface area contributed by atoms with Crippen LogP contribution in [0.1, 0.15) is 44.4 Å². The van der Waals surface area contributed by atoms with Gasteiger partial charge in [0.25, 0.3) is 0 Å². The van der Waals surface area contributed by atoms with Crippen molar-refractivity contribution in [2.75, 3.05) is 13.7 Å². The minimum absolute atomic E-state index is 0.119. The van der Waals surface area contributed by atoms with E-state index in [1.165, 1.54) is 18.4 Å². The van der Waals surface area contributed by atoms with E-state index in [1.54, 1.807) is 7.11 Å². The van der Waals surface area contributed by atoms with Crippen molar-refractivity contribution in [3.63, 3.8) is 0 Å². The Balaban J connectivity index is 1.65. The van der Waals surface area contributed by atoms with Gasteiger partial charge >= 0.3 is 0 Å². The van der Waals surface area contributed by atoms with Crippen molar-refractivity contribution < 1.29 is 9.47 Å². The summed E-state index contributed by atoms with van der Waals surface area (Å²) in [5, 5.41) is 3.48. The van der Waals surface area contributed by atoms with Gasteiger partial charge in [0.2, 0.25) is 0 Å². The lowest BCUT2D eigenvalue weighted by Crippen LogP contribution is -2.24. The first-order valence-electron chi connectivity index (χ1n) is 7.39. The molecule has 2 rings (SSSR count). The second kappa shape index (κ2) is 7.16. The van der Waals surface area contributed by atoms with Crippen molar-refractivity contribution >= 4 is 0 Å². The third-order valence-electron chi connectivity index (χ3n) is 3.71. The Morgan fingerprint density at radius 2 is 2.15 bits per heavy atom. The summed E-state index contributed by atoms with van der Waals surface area (Å²) in [5.74, 6) is 0. The van der Waals surface area contributed by atoms with E-state index in [0.29, 0.717) is 13.2 Å². The molecule has 1 heterocycles. The Kier molecular flexibility index (Phi) is 5.52. The molecule has 112 valence electrons. The fourth-order valence-electron chi connectivity index (χ4n) is 1.79. The van der Waals surface area contributed by atoms with Crippen molar-refractivity contribution in [2.24, 2.45) is 0 Å². The summed E-state index contributed by atoms with van der Waals surface area (Å²) in [6.07, 6.45) is 5.45. The first kappa shape index (κ1) is 15.4. The summed E-state index contributed by atoms with van der Waals surface area (Å²) in [6.45, 7) is 6.30. The van der Waals surface area contributed by atoms with Gasteiger partial charge in [0.05, 0.1) is 17.9 Å². The maximum Gasteiger partial charge on any atom is 0.0887 e. The van der Waals surface area contributed by atoms with E-state index >= 15 is 0 Å². The standard InChI is InChI=1S/C16H26N2O2/c1-16(2,19-3)8-9-20-12-15-5-4-13(11-18-15)10-17-14-6-7-14/h4-5,11,14,17H,6-10,12H2,1-3H3. The van der Waals surface area contributed by atoms with Crippen LogP contribution in [0.25, 0.3) is 0 Å². The Hall–Kier alpha value is -0.970. The molecule has 1 aromatic rings. The SMILES string of the molecule is COC(C)(C)CCOCc1ccc(CNC2CC2)cn1. The van der Waals surface area contributed by atoms with Crippen LogP contribution in [0.3, 0.4) is 0 Å². The van der Waals surface area contributed by atoms with Crippen LogP contribution in [0.4, 0.5) is 0 Å². The largest absolute Gasteiger partial charge is 0.379 e. The van der Waals surface area contributed by atoms with Crippen LogP contribution >= 0.6 is 0 Å². The van der Waals surface area contributed by atoms with E-state index in [4.69, 9.17) is 9.47 Å². The molecule has 1 aromatic heterocycles. The van der Waals surface area contributed by atoms with Crippen LogP contribution in [0, 0.1) is 0 Å². The van der Waals surface area contributed by atoms with Gasteiger partial charge in [-0.25, -0.2) is 0 Å². The topological polar surface area (TPSA) is 43.4 Å². The van der Waals surface area contributed by atoms with Gasteiger partial charge in [0.1, 0.15) is 0 Å². The summed E-state index contributed by atoms with van der Waals surface area (Å²) in [7, 11) is 1.73. The average Bonchev–Trinajstić information content (AvgIpc) is 3.27. The number of pyridine rings is 1. The highest BCUT2D eigenvalue weighted by Crippen LogP contribution is 2.19. The molecule has 1 saturated carbocycles. The quantitative estimate of drug-likeness (QED) is 0.705. The number of nitrogens with zero attached hydrogens (tertiary/aromatic N) is 1. The van der Waals surface area contributed by atoms with Crippen molar-refractivity contribution in [3.8, 4) is 0 Å². The van der Waals surface area contributed by atoms with Gasteiger partial charge in [-0.15, -0.1) is 0 Å². The lowest BCUT2D eigenvalue weighted by molar-refractivity contribution is -0.0128. The monoisotopic (exact) mass is 278 g/mol. The molecule has 4 heteroatoms. The minimum Gasteiger partial charge on any atom is -0.379 e. The van der Waals surface area contributed by atoms with Gasteiger partial charge in [-0.3, -0.25) is 4.98 Å². The Labute approximate surface area is 121 Å². The van der Waals surface area contributed by atoms with E-state index < -0.39 is 0 Å². The highest BCUT2D eigenvalue weighted by Gasteiger charge is 2.19. The molecule has 20 heavy (non-hydrogen) atoms. The molecule has 0 atom stereocenters. The molecule has 0 bridgehead atoms. The van der Waals surface area contributed by atoms with Crippen molar-refractivity contribution in [1.29, 1.82) is 0 Å². The van der Waals surface area contributed by atoms with E-state index in [1.807, 2.05) is 12.3 Å². The van der Waals surface area contributed by atoms with Crippen LogP contribution in [0.15, 0.2) is 18.3 Å². The summed E-state index contributed by atoms with van der Waals surface area (Å²) >= 11 is 0. The second-order valence-electron chi connectivity index (χ2n) is 6.08. The molecule has 0 amide bonds. The zero-order chi connectivity index (χ0) is 14.4. The molecular weight excluding hydrogens is 252 g/mol. The van der Waals surface area contributed by atoms with Gasteiger partial charge < -0.3 is 14.8 Å². The number of aromatic nitrogens is 1. The first-order chi connectivity index (χ1) is 9.59. The zero-order valence-corrected chi connectivity index (χ0v) is 12.8. The molecule has 0 radical (unpaired) electrons. The van der Waals surface area contributed by atoms with E-state index in [0.717, 1.165) is 24.7 Å². The molecule has 4 nitrogen and oxygen atoms in total. The minimum atomic E-state index is -0.119. The van der Waals surface area contributed by atoms with E-state index in [2.05, 4.69) is 30.2 Å². The predicted octanol–water partition coefficient (Wildman–Crippen LogP) is 2.67. The highest BCUT2D eigenvalue weighted by atomic mass is 16.5. The molecule has 1 fully saturated rings. The Morgan fingerprint density at radius 3 is 2.75 bits per heavy atom. The maximum atomic E-state index is 5.65. The fourth-order valence-corrected chi connectivity index (χ4v) is 1.79.